The largest absolute Gasteiger partial charge is 0.355 e. The standard InChI is InChI=1S/C13H24N2O/c1-10-6-2-3-7-11(10)15-12-8-4-5-9-14-13(12)16/h10-12,15H,2-9H2,1H3,(H,14,16). The molecule has 1 saturated heterocycles. The van der Waals surface area contributed by atoms with Crippen molar-refractivity contribution in [1.82, 2.24) is 10.6 Å². The van der Waals surface area contributed by atoms with Crippen molar-refractivity contribution in [3.8, 4) is 0 Å². The van der Waals surface area contributed by atoms with Gasteiger partial charge in [0.2, 0.25) is 5.91 Å². The number of nitrogens with one attached hydrogen (secondary N) is 2. The Morgan fingerprint density at radius 2 is 1.88 bits per heavy atom. The number of amides is 1. The second kappa shape index (κ2) is 5.67. The molecule has 92 valence electrons. The fourth-order valence-corrected chi connectivity index (χ4v) is 2.92. The van der Waals surface area contributed by atoms with E-state index < -0.39 is 0 Å². The average Bonchev–Trinajstić information content (AvgIpc) is 2.48. The van der Waals surface area contributed by atoms with Crippen LogP contribution in [0.3, 0.4) is 0 Å². The Morgan fingerprint density at radius 1 is 1.12 bits per heavy atom. The normalized spacial score (nSPS) is 36.6. The highest BCUT2D eigenvalue weighted by Crippen LogP contribution is 2.24. The Morgan fingerprint density at radius 3 is 2.69 bits per heavy atom. The quantitative estimate of drug-likeness (QED) is 0.751. The molecular weight excluding hydrogens is 200 g/mol. The molecule has 16 heavy (non-hydrogen) atoms. The summed E-state index contributed by atoms with van der Waals surface area (Å²) in [6.45, 7) is 3.17. The summed E-state index contributed by atoms with van der Waals surface area (Å²) in [7, 11) is 0. The van der Waals surface area contributed by atoms with Crippen molar-refractivity contribution in [3.63, 3.8) is 0 Å². The van der Waals surface area contributed by atoms with Crippen LogP contribution in [-0.4, -0.2) is 24.5 Å². The van der Waals surface area contributed by atoms with E-state index in [4.69, 9.17) is 0 Å². The van der Waals surface area contributed by atoms with Crippen LogP contribution in [0.4, 0.5) is 0 Å². The molecule has 3 unspecified atom stereocenters. The Labute approximate surface area is 98.4 Å². The molecule has 0 bridgehead atoms. The minimum atomic E-state index is 0.0630. The summed E-state index contributed by atoms with van der Waals surface area (Å²) >= 11 is 0. The van der Waals surface area contributed by atoms with Crippen LogP contribution in [0, 0.1) is 5.92 Å². The topological polar surface area (TPSA) is 41.1 Å². The van der Waals surface area contributed by atoms with Crippen molar-refractivity contribution in [3.05, 3.63) is 0 Å². The second-order valence-corrected chi connectivity index (χ2v) is 5.37. The molecule has 2 fully saturated rings. The third-order valence-electron chi connectivity index (χ3n) is 4.06. The monoisotopic (exact) mass is 224 g/mol. The third kappa shape index (κ3) is 2.97. The number of carbonyl (C=O) groups excluding carboxylic acids is 1. The van der Waals surface area contributed by atoms with Crippen LogP contribution in [0.15, 0.2) is 0 Å². The average molecular weight is 224 g/mol. The lowest BCUT2D eigenvalue weighted by molar-refractivity contribution is -0.123. The number of rotatable bonds is 2. The molecule has 1 heterocycles. The first-order chi connectivity index (χ1) is 7.77. The minimum absolute atomic E-state index is 0.0630. The van der Waals surface area contributed by atoms with E-state index in [2.05, 4.69) is 17.6 Å². The van der Waals surface area contributed by atoms with Crippen molar-refractivity contribution in [2.75, 3.05) is 6.54 Å². The van der Waals surface area contributed by atoms with Crippen LogP contribution in [0.2, 0.25) is 0 Å². The number of hydrogen-bond acceptors (Lipinski definition) is 2. The lowest BCUT2D eigenvalue weighted by Crippen LogP contribution is -2.50. The molecule has 1 saturated carbocycles. The number of carbonyl (C=O) groups is 1. The van der Waals surface area contributed by atoms with Gasteiger partial charge in [-0.2, -0.15) is 0 Å². The maximum Gasteiger partial charge on any atom is 0.237 e. The third-order valence-corrected chi connectivity index (χ3v) is 4.06. The maximum absolute atomic E-state index is 11.8. The summed E-state index contributed by atoms with van der Waals surface area (Å²) in [6, 6.07) is 0.621. The molecule has 1 amide bonds. The van der Waals surface area contributed by atoms with Gasteiger partial charge in [-0.25, -0.2) is 0 Å². The molecule has 3 nitrogen and oxygen atoms in total. The lowest BCUT2D eigenvalue weighted by atomic mass is 9.85. The highest BCUT2D eigenvalue weighted by molar-refractivity contribution is 5.81. The van der Waals surface area contributed by atoms with E-state index >= 15 is 0 Å². The molecule has 0 aromatic carbocycles. The van der Waals surface area contributed by atoms with Crippen molar-refractivity contribution in [2.24, 2.45) is 5.92 Å². The van der Waals surface area contributed by atoms with Gasteiger partial charge in [-0.3, -0.25) is 4.79 Å². The molecule has 0 aromatic rings. The smallest absolute Gasteiger partial charge is 0.237 e. The zero-order valence-electron chi connectivity index (χ0n) is 10.3. The SMILES string of the molecule is CC1CCCCC1NC1CCCCNC1=O. The van der Waals surface area contributed by atoms with Gasteiger partial charge in [-0.05, 0) is 38.0 Å². The molecule has 1 aliphatic heterocycles. The minimum Gasteiger partial charge on any atom is -0.355 e. The Bertz CT molecular complexity index is 242. The van der Waals surface area contributed by atoms with Crippen LogP contribution < -0.4 is 10.6 Å². The van der Waals surface area contributed by atoms with Gasteiger partial charge in [0.1, 0.15) is 0 Å². The van der Waals surface area contributed by atoms with Crippen LogP contribution in [-0.2, 0) is 4.79 Å². The molecule has 2 N–H and O–H groups in total. The Hall–Kier alpha value is -0.570. The van der Waals surface area contributed by atoms with Gasteiger partial charge in [-0.15, -0.1) is 0 Å². The first kappa shape index (κ1) is 11.9. The van der Waals surface area contributed by atoms with E-state index in [-0.39, 0.29) is 11.9 Å². The van der Waals surface area contributed by atoms with E-state index in [9.17, 15) is 4.79 Å². The van der Waals surface area contributed by atoms with E-state index in [0.717, 1.165) is 31.7 Å². The van der Waals surface area contributed by atoms with Gasteiger partial charge in [0.15, 0.2) is 0 Å². The molecule has 0 spiro atoms. The van der Waals surface area contributed by atoms with Crippen LogP contribution in [0.1, 0.15) is 51.9 Å². The zero-order valence-corrected chi connectivity index (χ0v) is 10.3. The molecule has 1 aliphatic carbocycles. The van der Waals surface area contributed by atoms with E-state index in [1.165, 1.54) is 25.7 Å². The van der Waals surface area contributed by atoms with Crippen molar-refractivity contribution < 1.29 is 4.79 Å². The molecule has 2 rings (SSSR count). The summed E-state index contributed by atoms with van der Waals surface area (Å²) in [5, 5.41) is 6.58. The molecule has 0 aromatic heterocycles. The van der Waals surface area contributed by atoms with Crippen LogP contribution >= 0.6 is 0 Å². The van der Waals surface area contributed by atoms with Crippen molar-refractivity contribution >= 4 is 5.91 Å². The van der Waals surface area contributed by atoms with Gasteiger partial charge in [0.05, 0.1) is 6.04 Å². The molecular formula is C13H24N2O. The van der Waals surface area contributed by atoms with Gasteiger partial charge in [-0.1, -0.05) is 19.8 Å². The second-order valence-electron chi connectivity index (χ2n) is 5.37. The summed E-state index contributed by atoms with van der Waals surface area (Å²) in [5.41, 5.74) is 0. The lowest BCUT2D eigenvalue weighted by Gasteiger charge is -2.32. The summed E-state index contributed by atoms with van der Waals surface area (Å²) in [4.78, 5) is 11.8. The fraction of sp³-hybridized carbons (Fsp3) is 0.923. The van der Waals surface area contributed by atoms with Crippen LogP contribution in [0.25, 0.3) is 0 Å². The van der Waals surface area contributed by atoms with E-state index in [1.54, 1.807) is 0 Å². The van der Waals surface area contributed by atoms with Gasteiger partial charge < -0.3 is 10.6 Å². The maximum atomic E-state index is 11.8. The Balaban J connectivity index is 1.88. The molecule has 2 aliphatic rings. The predicted octanol–water partition coefficient (Wildman–Crippen LogP) is 1.82. The number of hydrogen-bond donors (Lipinski definition) is 2. The van der Waals surface area contributed by atoms with Gasteiger partial charge in [0.25, 0.3) is 0 Å². The van der Waals surface area contributed by atoms with Gasteiger partial charge in [0, 0.05) is 12.6 Å². The highest BCUT2D eigenvalue weighted by atomic mass is 16.2. The van der Waals surface area contributed by atoms with E-state index in [0.29, 0.717) is 6.04 Å². The fourth-order valence-electron chi connectivity index (χ4n) is 2.92. The Kier molecular flexibility index (Phi) is 4.22. The molecule has 3 atom stereocenters. The summed E-state index contributed by atoms with van der Waals surface area (Å²) in [6.07, 6.45) is 8.53. The first-order valence-corrected chi connectivity index (χ1v) is 6.81. The van der Waals surface area contributed by atoms with E-state index in [1.807, 2.05) is 0 Å². The molecule has 3 heteroatoms. The predicted molar refractivity (Wildman–Crippen MR) is 65.2 cm³/mol. The zero-order chi connectivity index (χ0) is 11.4. The van der Waals surface area contributed by atoms with Crippen molar-refractivity contribution in [2.45, 2.75) is 64.0 Å². The van der Waals surface area contributed by atoms with Gasteiger partial charge >= 0.3 is 0 Å². The summed E-state index contributed by atoms with van der Waals surface area (Å²) < 4.78 is 0. The summed E-state index contributed by atoms with van der Waals surface area (Å²) in [5.74, 6) is 0.945. The molecule has 0 radical (unpaired) electrons. The first-order valence-electron chi connectivity index (χ1n) is 6.81. The highest BCUT2D eigenvalue weighted by Gasteiger charge is 2.27. The van der Waals surface area contributed by atoms with Crippen molar-refractivity contribution in [1.29, 1.82) is 0 Å². The van der Waals surface area contributed by atoms with Crippen LogP contribution in [0.5, 0.6) is 0 Å².